The summed E-state index contributed by atoms with van der Waals surface area (Å²) in [5.74, 6) is -0.652. The number of carbonyl (C=O) groups excluding carboxylic acids is 1. The molecule has 0 heterocycles. The molecule has 0 saturated carbocycles. The standard InChI is InChI=1S/C11H11ClO3/c1-7(11(14)15-2)10(13)8-3-5-9(12)6-4-8/h3-6,13H,1-2H3/b10-7-. The molecule has 0 unspecified atom stereocenters. The predicted molar refractivity (Wildman–Crippen MR) is 58.7 cm³/mol. The van der Waals surface area contributed by atoms with Gasteiger partial charge in [0.1, 0.15) is 5.76 Å². The van der Waals surface area contributed by atoms with E-state index in [2.05, 4.69) is 4.74 Å². The number of ether oxygens (including phenoxy) is 1. The first-order valence-corrected chi connectivity index (χ1v) is 4.68. The maximum Gasteiger partial charge on any atom is 0.337 e. The van der Waals surface area contributed by atoms with Crippen molar-refractivity contribution in [3.63, 3.8) is 0 Å². The van der Waals surface area contributed by atoms with Crippen LogP contribution in [-0.2, 0) is 9.53 Å². The maximum absolute atomic E-state index is 11.1. The van der Waals surface area contributed by atoms with E-state index in [0.717, 1.165) is 0 Å². The average molecular weight is 227 g/mol. The number of esters is 1. The van der Waals surface area contributed by atoms with E-state index in [1.54, 1.807) is 24.3 Å². The topological polar surface area (TPSA) is 46.5 Å². The molecule has 1 aromatic rings. The first kappa shape index (κ1) is 11.6. The van der Waals surface area contributed by atoms with E-state index in [-0.39, 0.29) is 11.3 Å². The number of aliphatic hydroxyl groups excluding tert-OH is 1. The van der Waals surface area contributed by atoms with Gasteiger partial charge in [-0.1, -0.05) is 11.6 Å². The van der Waals surface area contributed by atoms with Crippen molar-refractivity contribution in [2.45, 2.75) is 6.92 Å². The Labute approximate surface area is 92.9 Å². The van der Waals surface area contributed by atoms with Crippen LogP contribution < -0.4 is 0 Å². The highest BCUT2D eigenvalue weighted by Crippen LogP contribution is 2.18. The minimum Gasteiger partial charge on any atom is -0.507 e. The molecule has 3 nitrogen and oxygen atoms in total. The molecule has 1 aromatic carbocycles. The molecular formula is C11H11ClO3. The minimum atomic E-state index is -0.553. The van der Waals surface area contributed by atoms with Gasteiger partial charge in [0.25, 0.3) is 0 Å². The molecule has 0 amide bonds. The van der Waals surface area contributed by atoms with Crippen molar-refractivity contribution in [1.82, 2.24) is 0 Å². The van der Waals surface area contributed by atoms with E-state index in [1.165, 1.54) is 14.0 Å². The number of rotatable bonds is 2. The van der Waals surface area contributed by atoms with Crippen molar-refractivity contribution in [3.8, 4) is 0 Å². The van der Waals surface area contributed by atoms with E-state index >= 15 is 0 Å². The third-order valence-corrected chi connectivity index (χ3v) is 2.22. The number of benzene rings is 1. The number of hydrogen-bond acceptors (Lipinski definition) is 3. The average Bonchev–Trinajstić information content (AvgIpc) is 2.27. The van der Waals surface area contributed by atoms with Gasteiger partial charge in [0.2, 0.25) is 0 Å². The normalized spacial score (nSPS) is 11.9. The zero-order valence-corrected chi connectivity index (χ0v) is 9.21. The molecule has 0 radical (unpaired) electrons. The summed E-state index contributed by atoms with van der Waals surface area (Å²) in [5, 5.41) is 10.3. The van der Waals surface area contributed by atoms with Crippen LogP contribution in [0.4, 0.5) is 0 Å². The summed E-state index contributed by atoms with van der Waals surface area (Å²) in [6.07, 6.45) is 0. The van der Waals surface area contributed by atoms with Crippen LogP contribution in [-0.4, -0.2) is 18.2 Å². The van der Waals surface area contributed by atoms with Gasteiger partial charge in [-0.3, -0.25) is 0 Å². The van der Waals surface area contributed by atoms with E-state index in [9.17, 15) is 9.90 Å². The largest absolute Gasteiger partial charge is 0.507 e. The molecule has 1 rings (SSSR count). The van der Waals surface area contributed by atoms with Crippen molar-refractivity contribution in [2.75, 3.05) is 7.11 Å². The van der Waals surface area contributed by atoms with E-state index in [0.29, 0.717) is 10.6 Å². The molecule has 0 aliphatic carbocycles. The Bertz CT molecular complexity index is 393. The van der Waals surface area contributed by atoms with Gasteiger partial charge in [0, 0.05) is 10.6 Å². The van der Waals surface area contributed by atoms with Crippen LogP contribution >= 0.6 is 11.6 Å². The second-order valence-corrected chi connectivity index (χ2v) is 3.41. The molecule has 0 atom stereocenters. The van der Waals surface area contributed by atoms with Crippen LogP contribution in [0, 0.1) is 0 Å². The minimum absolute atomic E-state index is 0.0986. The Morgan fingerprint density at radius 1 is 1.33 bits per heavy atom. The van der Waals surface area contributed by atoms with Crippen LogP contribution in [0.1, 0.15) is 12.5 Å². The molecule has 80 valence electrons. The molecule has 0 aliphatic heterocycles. The van der Waals surface area contributed by atoms with Crippen LogP contribution in [0.15, 0.2) is 29.8 Å². The lowest BCUT2D eigenvalue weighted by Gasteiger charge is -2.04. The van der Waals surface area contributed by atoms with Crippen LogP contribution in [0.25, 0.3) is 5.76 Å². The predicted octanol–water partition coefficient (Wildman–Crippen LogP) is 2.80. The Balaban J connectivity index is 3.07. The number of carbonyl (C=O) groups is 1. The quantitative estimate of drug-likeness (QED) is 0.479. The van der Waals surface area contributed by atoms with Gasteiger partial charge in [0.15, 0.2) is 0 Å². The third kappa shape index (κ3) is 2.73. The van der Waals surface area contributed by atoms with Crippen molar-refractivity contribution < 1.29 is 14.6 Å². The number of halogens is 1. The lowest BCUT2D eigenvalue weighted by Crippen LogP contribution is -2.04. The van der Waals surface area contributed by atoms with Crippen LogP contribution in [0.2, 0.25) is 5.02 Å². The van der Waals surface area contributed by atoms with E-state index in [1.807, 2.05) is 0 Å². The van der Waals surface area contributed by atoms with Crippen molar-refractivity contribution >= 4 is 23.3 Å². The highest BCUT2D eigenvalue weighted by molar-refractivity contribution is 6.30. The molecule has 0 saturated heterocycles. The summed E-state index contributed by atoms with van der Waals surface area (Å²) in [4.78, 5) is 11.1. The number of aliphatic hydroxyl groups is 1. The molecule has 1 N–H and O–H groups in total. The Hall–Kier alpha value is -1.48. The lowest BCUT2D eigenvalue weighted by atomic mass is 10.1. The molecular weight excluding hydrogens is 216 g/mol. The number of hydrogen-bond donors (Lipinski definition) is 1. The maximum atomic E-state index is 11.1. The van der Waals surface area contributed by atoms with Crippen molar-refractivity contribution in [2.24, 2.45) is 0 Å². The summed E-state index contributed by atoms with van der Waals surface area (Å²) >= 11 is 5.70. The Morgan fingerprint density at radius 3 is 2.33 bits per heavy atom. The molecule has 4 heteroatoms. The second kappa shape index (κ2) is 4.84. The first-order chi connectivity index (χ1) is 7.06. The van der Waals surface area contributed by atoms with E-state index < -0.39 is 5.97 Å². The van der Waals surface area contributed by atoms with E-state index in [4.69, 9.17) is 11.6 Å². The fraction of sp³-hybridized carbons (Fsp3) is 0.182. The summed E-state index contributed by atoms with van der Waals surface area (Å²) in [7, 11) is 1.26. The van der Waals surface area contributed by atoms with Gasteiger partial charge in [-0.15, -0.1) is 0 Å². The lowest BCUT2D eigenvalue weighted by molar-refractivity contribution is -0.136. The third-order valence-electron chi connectivity index (χ3n) is 1.96. The van der Waals surface area contributed by atoms with Gasteiger partial charge in [0.05, 0.1) is 12.7 Å². The fourth-order valence-electron chi connectivity index (χ4n) is 1.07. The second-order valence-electron chi connectivity index (χ2n) is 2.97. The van der Waals surface area contributed by atoms with Crippen molar-refractivity contribution in [3.05, 3.63) is 40.4 Å². The molecule has 15 heavy (non-hydrogen) atoms. The zero-order valence-electron chi connectivity index (χ0n) is 8.45. The number of methoxy groups -OCH3 is 1. The van der Waals surface area contributed by atoms with Crippen LogP contribution in [0.5, 0.6) is 0 Å². The van der Waals surface area contributed by atoms with Gasteiger partial charge < -0.3 is 9.84 Å². The molecule has 0 bridgehead atoms. The zero-order chi connectivity index (χ0) is 11.4. The van der Waals surface area contributed by atoms with Crippen molar-refractivity contribution in [1.29, 1.82) is 0 Å². The smallest absolute Gasteiger partial charge is 0.337 e. The Kier molecular flexibility index (Phi) is 3.74. The highest BCUT2D eigenvalue weighted by Gasteiger charge is 2.11. The molecule has 0 aromatic heterocycles. The summed E-state index contributed by atoms with van der Waals surface area (Å²) in [5.41, 5.74) is 0.696. The van der Waals surface area contributed by atoms with Gasteiger partial charge >= 0.3 is 5.97 Å². The SMILES string of the molecule is COC(=O)/C(C)=C(\O)c1ccc(Cl)cc1. The molecule has 0 fully saturated rings. The van der Waals surface area contributed by atoms with Crippen LogP contribution in [0.3, 0.4) is 0 Å². The molecule has 0 aliphatic rings. The summed E-state index contributed by atoms with van der Waals surface area (Å²) in [6.45, 7) is 1.50. The van der Waals surface area contributed by atoms with Gasteiger partial charge in [-0.2, -0.15) is 0 Å². The highest BCUT2D eigenvalue weighted by atomic mass is 35.5. The Morgan fingerprint density at radius 2 is 1.87 bits per heavy atom. The summed E-state index contributed by atoms with van der Waals surface area (Å²) in [6, 6.07) is 6.53. The fourth-order valence-corrected chi connectivity index (χ4v) is 1.20. The molecule has 0 spiro atoms. The monoisotopic (exact) mass is 226 g/mol. The summed E-state index contributed by atoms with van der Waals surface area (Å²) < 4.78 is 4.50. The first-order valence-electron chi connectivity index (χ1n) is 4.30. The van der Waals surface area contributed by atoms with Gasteiger partial charge in [-0.05, 0) is 31.2 Å². The van der Waals surface area contributed by atoms with Gasteiger partial charge in [-0.25, -0.2) is 4.79 Å².